The van der Waals surface area contributed by atoms with Gasteiger partial charge in [0.25, 0.3) is 15.9 Å². The third-order valence-electron chi connectivity index (χ3n) is 3.19. The Hall–Kier alpha value is -1.11. The molecule has 0 radical (unpaired) electrons. The molecule has 1 saturated heterocycles. The van der Waals surface area contributed by atoms with Crippen LogP contribution < -0.4 is 0 Å². The van der Waals surface area contributed by atoms with Gasteiger partial charge in [0.05, 0.1) is 0 Å². The molecule has 1 aliphatic heterocycles. The predicted molar refractivity (Wildman–Crippen MR) is 54.0 cm³/mol. The van der Waals surface area contributed by atoms with Gasteiger partial charge in [0, 0.05) is 0 Å². The molecule has 2 aliphatic rings. The first-order valence-electron chi connectivity index (χ1n) is 5.02. The summed E-state index contributed by atoms with van der Waals surface area (Å²) >= 11 is 0. The van der Waals surface area contributed by atoms with Gasteiger partial charge in [0.2, 0.25) is 0 Å². The second-order valence-electron chi connectivity index (χ2n) is 4.74. The summed E-state index contributed by atoms with van der Waals surface area (Å²) in [7, 11) is -3.80. The molecule has 0 spiro atoms. The standard InChI is InChI=1S/C9H13NO5S/c1-9(2)8(13)10(16(9,14)15)6(7(11)12)5-3-4-5/h5-6H,3-4H2,1-2H3,(H,11,12). The van der Waals surface area contributed by atoms with E-state index in [1.807, 2.05) is 0 Å². The van der Waals surface area contributed by atoms with E-state index in [0.29, 0.717) is 17.1 Å². The maximum absolute atomic E-state index is 11.8. The highest BCUT2D eigenvalue weighted by Crippen LogP contribution is 2.44. The first-order chi connectivity index (χ1) is 7.21. The summed E-state index contributed by atoms with van der Waals surface area (Å²) in [5.41, 5.74) is 0. The van der Waals surface area contributed by atoms with Gasteiger partial charge in [-0.2, -0.15) is 0 Å². The number of carboxylic acids is 1. The number of carboxylic acid groups (broad SMARTS) is 1. The Kier molecular flexibility index (Phi) is 2.11. The summed E-state index contributed by atoms with van der Waals surface area (Å²) in [6.45, 7) is 2.60. The van der Waals surface area contributed by atoms with Crippen molar-refractivity contribution in [3.8, 4) is 0 Å². The van der Waals surface area contributed by atoms with Gasteiger partial charge in [-0.25, -0.2) is 17.5 Å². The molecule has 1 unspecified atom stereocenters. The molecule has 0 aromatic heterocycles. The number of rotatable bonds is 3. The largest absolute Gasteiger partial charge is 0.480 e. The molecule has 0 aromatic carbocycles. The van der Waals surface area contributed by atoms with E-state index in [0.717, 1.165) is 0 Å². The molecule has 0 aromatic rings. The fraction of sp³-hybridized carbons (Fsp3) is 0.778. The molecule has 1 atom stereocenters. The molecule has 1 amide bonds. The van der Waals surface area contributed by atoms with E-state index in [1.54, 1.807) is 0 Å². The topological polar surface area (TPSA) is 91.8 Å². The summed E-state index contributed by atoms with van der Waals surface area (Å²) in [4.78, 5) is 22.7. The Morgan fingerprint density at radius 2 is 2.00 bits per heavy atom. The lowest BCUT2D eigenvalue weighted by Gasteiger charge is -2.45. The van der Waals surface area contributed by atoms with Gasteiger partial charge in [0.1, 0.15) is 6.04 Å². The van der Waals surface area contributed by atoms with E-state index < -0.39 is 32.7 Å². The minimum Gasteiger partial charge on any atom is -0.480 e. The second-order valence-corrected chi connectivity index (χ2v) is 7.10. The number of aliphatic carboxylic acids is 1. The van der Waals surface area contributed by atoms with Gasteiger partial charge >= 0.3 is 5.97 Å². The molecular weight excluding hydrogens is 234 g/mol. The van der Waals surface area contributed by atoms with Crippen molar-refractivity contribution in [3.05, 3.63) is 0 Å². The highest BCUT2D eigenvalue weighted by molar-refractivity contribution is 7.94. The lowest BCUT2D eigenvalue weighted by atomic mass is 10.1. The van der Waals surface area contributed by atoms with Crippen LogP contribution >= 0.6 is 0 Å². The van der Waals surface area contributed by atoms with Gasteiger partial charge in [0.15, 0.2) is 4.75 Å². The van der Waals surface area contributed by atoms with Crippen molar-refractivity contribution in [3.63, 3.8) is 0 Å². The van der Waals surface area contributed by atoms with Gasteiger partial charge in [-0.15, -0.1) is 0 Å². The van der Waals surface area contributed by atoms with Crippen molar-refractivity contribution >= 4 is 21.9 Å². The highest BCUT2D eigenvalue weighted by Gasteiger charge is 2.65. The number of amides is 1. The average Bonchev–Trinajstić information content (AvgIpc) is 2.94. The van der Waals surface area contributed by atoms with Crippen LogP contribution in [-0.2, 0) is 19.6 Å². The lowest BCUT2D eigenvalue weighted by Crippen LogP contribution is -2.71. The highest BCUT2D eigenvalue weighted by atomic mass is 32.2. The average molecular weight is 247 g/mol. The molecule has 90 valence electrons. The third-order valence-corrected chi connectivity index (χ3v) is 5.57. The number of hydrogen-bond donors (Lipinski definition) is 1. The number of carbonyl (C=O) groups is 2. The normalized spacial score (nSPS) is 28.4. The number of sulfonamides is 1. The van der Waals surface area contributed by atoms with Crippen molar-refractivity contribution in [2.45, 2.75) is 37.5 Å². The van der Waals surface area contributed by atoms with Crippen LogP contribution in [0.3, 0.4) is 0 Å². The summed E-state index contributed by atoms with van der Waals surface area (Å²) in [5.74, 6) is -2.07. The predicted octanol–water partition coefficient (Wildman–Crippen LogP) is -0.200. The second kappa shape index (κ2) is 2.97. The Balaban J connectivity index is 2.36. The van der Waals surface area contributed by atoms with Crippen LogP contribution in [0.15, 0.2) is 0 Å². The van der Waals surface area contributed by atoms with E-state index in [9.17, 15) is 18.0 Å². The van der Waals surface area contributed by atoms with Crippen molar-refractivity contribution in [1.29, 1.82) is 0 Å². The SMILES string of the molecule is CC1(C)C(=O)N(C(C(=O)O)C2CC2)S1(=O)=O. The van der Waals surface area contributed by atoms with Crippen LogP contribution in [0.5, 0.6) is 0 Å². The molecule has 1 heterocycles. The first-order valence-corrected chi connectivity index (χ1v) is 6.46. The van der Waals surface area contributed by atoms with E-state index in [2.05, 4.69) is 0 Å². The molecule has 0 bridgehead atoms. The van der Waals surface area contributed by atoms with Crippen molar-refractivity contribution in [2.75, 3.05) is 0 Å². The first kappa shape index (κ1) is 11.4. The molecule has 1 N–H and O–H groups in total. The fourth-order valence-corrected chi connectivity index (χ4v) is 3.56. The maximum Gasteiger partial charge on any atom is 0.327 e. The Labute approximate surface area is 93.3 Å². The molecule has 16 heavy (non-hydrogen) atoms. The molecule has 7 heteroatoms. The zero-order valence-electron chi connectivity index (χ0n) is 9.00. The molecular formula is C9H13NO5S. The van der Waals surface area contributed by atoms with Gasteiger partial charge < -0.3 is 5.11 Å². The van der Waals surface area contributed by atoms with E-state index >= 15 is 0 Å². The zero-order chi connectivity index (χ0) is 12.3. The Morgan fingerprint density at radius 3 is 2.31 bits per heavy atom. The minimum atomic E-state index is -3.80. The molecule has 2 fully saturated rings. The van der Waals surface area contributed by atoms with Crippen LogP contribution in [0.2, 0.25) is 0 Å². The monoisotopic (exact) mass is 247 g/mol. The summed E-state index contributed by atoms with van der Waals surface area (Å²) in [6, 6.07) is -1.20. The van der Waals surface area contributed by atoms with Crippen molar-refractivity contribution in [2.24, 2.45) is 5.92 Å². The smallest absolute Gasteiger partial charge is 0.327 e. The van der Waals surface area contributed by atoms with Crippen LogP contribution in [0.25, 0.3) is 0 Å². The van der Waals surface area contributed by atoms with Crippen LogP contribution in [0.4, 0.5) is 0 Å². The summed E-state index contributed by atoms with van der Waals surface area (Å²) in [5, 5.41) is 8.98. The number of nitrogens with zero attached hydrogens (tertiary/aromatic N) is 1. The van der Waals surface area contributed by atoms with Crippen molar-refractivity contribution < 1.29 is 23.1 Å². The van der Waals surface area contributed by atoms with Gasteiger partial charge in [-0.05, 0) is 32.6 Å². The van der Waals surface area contributed by atoms with E-state index in [-0.39, 0.29) is 5.92 Å². The number of carbonyl (C=O) groups excluding carboxylic acids is 1. The Bertz CT molecular complexity index is 462. The Morgan fingerprint density at radius 1 is 1.50 bits per heavy atom. The maximum atomic E-state index is 11.8. The van der Waals surface area contributed by atoms with Gasteiger partial charge in [-0.3, -0.25) is 4.79 Å². The van der Waals surface area contributed by atoms with Crippen LogP contribution in [0.1, 0.15) is 26.7 Å². The molecule has 1 saturated carbocycles. The molecule has 6 nitrogen and oxygen atoms in total. The number of hydrogen-bond acceptors (Lipinski definition) is 4. The van der Waals surface area contributed by atoms with Crippen molar-refractivity contribution in [1.82, 2.24) is 4.31 Å². The zero-order valence-corrected chi connectivity index (χ0v) is 9.82. The fourth-order valence-electron chi connectivity index (χ4n) is 1.87. The molecule has 1 aliphatic carbocycles. The summed E-state index contributed by atoms with van der Waals surface area (Å²) in [6.07, 6.45) is 1.33. The van der Waals surface area contributed by atoms with E-state index in [1.165, 1.54) is 13.8 Å². The van der Waals surface area contributed by atoms with Gasteiger partial charge in [-0.1, -0.05) is 0 Å². The van der Waals surface area contributed by atoms with Crippen LogP contribution in [-0.4, -0.2) is 40.5 Å². The van der Waals surface area contributed by atoms with E-state index in [4.69, 9.17) is 5.11 Å². The minimum absolute atomic E-state index is 0.215. The third kappa shape index (κ3) is 1.20. The summed E-state index contributed by atoms with van der Waals surface area (Å²) < 4.78 is 22.7. The lowest BCUT2D eigenvalue weighted by molar-refractivity contribution is -0.149. The molecule has 2 rings (SSSR count). The van der Waals surface area contributed by atoms with Crippen LogP contribution in [0, 0.1) is 5.92 Å². The quantitative estimate of drug-likeness (QED) is 0.745.